The number of anilines is 1. The highest BCUT2D eigenvalue weighted by Crippen LogP contribution is 2.25. The Morgan fingerprint density at radius 2 is 1.75 bits per heavy atom. The summed E-state index contributed by atoms with van der Waals surface area (Å²) in [6.45, 7) is 1.99. The van der Waals surface area contributed by atoms with Crippen molar-refractivity contribution >= 4 is 17.7 Å². The highest BCUT2D eigenvalue weighted by Gasteiger charge is 2.32. The first-order valence-electron chi connectivity index (χ1n) is 9.05. The molecule has 7 heteroatoms. The van der Waals surface area contributed by atoms with Crippen molar-refractivity contribution in [2.75, 3.05) is 24.6 Å². The molecule has 1 aliphatic heterocycles. The molecule has 2 amide bonds. The van der Waals surface area contributed by atoms with Crippen LogP contribution in [0, 0.1) is 0 Å². The number of ether oxygens (including phenoxy) is 1. The number of nitrogens with one attached hydrogen (secondary N) is 1. The predicted molar refractivity (Wildman–Crippen MR) is 105 cm³/mol. The second-order valence-corrected chi connectivity index (χ2v) is 6.59. The van der Waals surface area contributed by atoms with Gasteiger partial charge in [-0.25, -0.2) is 4.79 Å². The van der Waals surface area contributed by atoms with E-state index in [4.69, 9.17) is 9.84 Å². The van der Waals surface area contributed by atoms with Gasteiger partial charge in [-0.05, 0) is 35.7 Å². The van der Waals surface area contributed by atoms with Crippen LogP contribution in [0.4, 0.5) is 10.5 Å². The van der Waals surface area contributed by atoms with Gasteiger partial charge in [-0.15, -0.1) is 0 Å². The van der Waals surface area contributed by atoms with Gasteiger partial charge in [-0.2, -0.15) is 0 Å². The molecule has 1 fully saturated rings. The van der Waals surface area contributed by atoms with Crippen molar-refractivity contribution in [2.45, 2.75) is 19.4 Å². The Balaban J connectivity index is 1.75. The van der Waals surface area contributed by atoms with Crippen molar-refractivity contribution < 1.29 is 19.4 Å². The molecule has 146 valence electrons. The average Bonchev–Trinajstić information content (AvgIpc) is 2.96. The third-order valence-electron chi connectivity index (χ3n) is 4.54. The first-order chi connectivity index (χ1) is 13.5. The number of rotatable bonds is 6. The molecular formula is C21H22N2O5. The molecule has 0 radical (unpaired) electrons. The number of hydrogen-bond donors (Lipinski definition) is 2. The smallest absolute Gasteiger partial charge is 0.414 e. The third-order valence-corrected chi connectivity index (χ3v) is 4.54. The van der Waals surface area contributed by atoms with Gasteiger partial charge in [0.15, 0.2) is 5.43 Å². The highest BCUT2D eigenvalue weighted by molar-refractivity contribution is 5.90. The summed E-state index contributed by atoms with van der Waals surface area (Å²) in [6, 6.07) is 14.2. The quantitative estimate of drug-likeness (QED) is 0.793. The van der Waals surface area contributed by atoms with E-state index in [0.29, 0.717) is 24.2 Å². The summed E-state index contributed by atoms with van der Waals surface area (Å²) in [6.07, 6.45) is -0.508. The Bertz CT molecular complexity index is 927. The lowest BCUT2D eigenvalue weighted by Gasteiger charge is -2.13. The van der Waals surface area contributed by atoms with Gasteiger partial charge in [0.05, 0.1) is 13.1 Å². The maximum absolute atomic E-state index is 12.1. The first kappa shape index (κ1) is 19.6. The zero-order valence-electron chi connectivity index (χ0n) is 15.6. The molecule has 7 nitrogen and oxygen atoms in total. The predicted octanol–water partition coefficient (Wildman–Crippen LogP) is 1.71. The number of carbonyl (C=O) groups is 2. The fourth-order valence-corrected chi connectivity index (χ4v) is 3.05. The lowest BCUT2D eigenvalue weighted by molar-refractivity contribution is -0.119. The van der Waals surface area contributed by atoms with Crippen molar-refractivity contribution in [1.82, 2.24) is 5.32 Å². The standard InChI is InChI=1S/C21H22N2O5/c1-14(25)22-12-19-13-23(21(27)28-19)18-7-4-16(5-8-18)15-2-3-17(10-11-24)20(26)9-6-15/h2-9,19,24H,10-13H2,1H3,(H,22,25). The van der Waals surface area contributed by atoms with Crippen LogP contribution in [-0.2, 0) is 16.0 Å². The molecule has 1 heterocycles. The van der Waals surface area contributed by atoms with E-state index in [0.717, 1.165) is 11.1 Å². The van der Waals surface area contributed by atoms with Crippen LogP contribution in [0.1, 0.15) is 12.5 Å². The Morgan fingerprint density at radius 3 is 2.39 bits per heavy atom. The molecule has 2 N–H and O–H groups in total. The van der Waals surface area contributed by atoms with Crippen LogP contribution in [0.15, 0.2) is 53.3 Å². The van der Waals surface area contributed by atoms with E-state index in [1.54, 1.807) is 12.1 Å². The third kappa shape index (κ3) is 4.55. The van der Waals surface area contributed by atoms with Gasteiger partial charge in [0, 0.05) is 24.8 Å². The van der Waals surface area contributed by atoms with Crippen LogP contribution in [0.2, 0.25) is 0 Å². The molecule has 1 atom stereocenters. The number of benzene rings is 1. The maximum atomic E-state index is 12.1. The second-order valence-electron chi connectivity index (χ2n) is 6.59. The Morgan fingerprint density at radius 1 is 1.11 bits per heavy atom. The number of nitrogens with zero attached hydrogens (tertiary/aromatic N) is 1. The summed E-state index contributed by atoms with van der Waals surface area (Å²) in [5.41, 5.74) is 2.92. The molecule has 0 aliphatic carbocycles. The SMILES string of the molecule is CC(=O)NCC1CN(c2ccc(-c3ccc(CCO)c(=O)cc3)cc2)C(=O)O1. The van der Waals surface area contributed by atoms with Crippen LogP contribution >= 0.6 is 0 Å². The summed E-state index contributed by atoms with van der Waals surface area (Å²) in [7, 11) is 0. The Labute approximate surface area is 162 Å². The molecule has 2 aromatic rings. The Kier molecular flexibility index (Phi) is 6.06. The minimum absolute atomic E-state index is 0.0713. The van der Waals surface area contributed by atoms with Gasteiger partial charge >= 0.3 is 6.09 Å². The molecule has 0 bridgehead atoms. The van der Waals surface area contributed by atoms with E-state index >= 15 is 0 Å². The second kappa shape index (κ2) is 8.67. The number of carbonyl (C=O) groups excluding carboxylic acids is 2. The number of cyclic esters (lactones) is 1. The highest BCUT2D eigenvalue weighted by atomic mass is 16.6. The minimum Gasteiger partial charge on any atom is -0.442 e. The van der Waals surface area contributed by atoms with Crippen molar-refractivity contribution in [2.24, 2.45) is 0 Å². The number of amides is 2. The summed E-state index contributed by atoms with van der Waals surface area (Å²) in [5, 5.41) is 11.7. The molecule has 0 aromatic heterocycles. The topological polar surface area (TPSA) is 95.9 Å². The fraction of sp³-hybridized carbons (Fsp3) is 0.286. The van der Waals surface area contributed by atoms with Crippen molar-refractivity contribution in [3.63, 3.8) is 0 Å². The Hall–Kier alpha value is -3.19. The maximum Gasteiger partial charge on any atom is 0.414 e. The van der Waals surface area contributed by atoms with Crippen molar-refractivity contribution in [3.8, 4) is 11.1 Å². The molecule has 0 spiro atoms. The minimum atomic E-state index is -0.446. The van der Waals surface area contributed by atoms with Gasteiger partial charge in [-0.3, -0.25) is 14.5 Å². The summed E-state index contributed by atoms with van der Waals surface area (Å²) in [4.78, 5) is 36.6. The van der Waals surface area contributed by atoms with Gasteiger partial charge in [0.2, 0.25) is 5.91 Å². The van der Waals surface area contributed by atoms with Gasteiger partial charge < -0.3 is 15.2 Å². The van der Waals surface area contributed by atoms with E-state index < -0.39 is 6.09 Å². The molecule has 3 rings (SSSR count). The summed E-state index contributed by atoms with van der Waals surface area (Å²) >= 11 is 0. The van der Waals surface area contributed by atoms with E-state index in [9.17, 15) is 14.4 Å². The normalized spacial score (nSPS) is 16.0. The zero-order valence-corrected chi connectivity index (χ0v) is 15.6. The lowest BCUT2D eigenvalue weighted by Crippen LogP contribution is -2.33. The van der Waals surface area contributed by atoms with Crippen molar-refractivity contribution in [1.29, 1.82) is 0 Å². The summed E-state index contributed by atoms with van der Waals surface area (Å²) in [5.74, 6) is -0.168. The first-order valence-corrected chi connectivity index (χ1v) is 9.05. The molecular weight excluding hydrogens is 360 g/mol. The van der Waals surface area contributed by atoms with E-state index in [-0.39, 0.29) is 30.6 Å². The molecule has 1 aliphatic rings. The largest absolute Gasteiger partial charge is 0.442 e. The van der Waals surface area contributed by atoms with Crippen LogP contribution in [-0.4, -0.2) is 42.9 Å². The van der Waals surface area contributed by atoms with Gasteiger partial charge in [0.1, 0.15) is 6.10 Å². The number of aliphatic hydroxyl groups is 1. The molecule has 0 saturated carbocycles. The average molecular weight is 382 g/mol. The van der Waals surface area contributed by atoms with Crippen LogP contribution in [0.25, 0.3) is 11.1 Å². The van der Waals surface area contributed by atoms with E-state index in [1.165, 1.54) is 17.9 Å². The molecule has 2 aromatic carbocycles. The van der Waals surface area contributed by atoms with Crippen LogP contribution < -0.4 is 15.6 Å². The number of aliphatic hydroxyl groups excluding tert-OH is 1. The molecule has 28 heavy (non-hydrogen) atoms. The number of hydrogen-bond acceptors (Lipinski definition) is 5. The van der Waals surface area contributed by atoms with Gasteiger partial charge in [-0.1, -0.05) is 30.3 Å². The molecule has 1 saturated heterocycles. The van der Waals surface area contributed by atoms with Crippen LogP contribution in [0.3, 0.4) is 0 Å². The van der Waals surface area contributed by atoms with Gasteiger partial charge in [0.25, 0.3) is 0 Å². The summed E-state index contributed by atoms with van der Waals surface area (Å²) < 4.78 is 5.27. The lowest BCUT2D eigenvalue weighted by atomic mass is 10.1. The fourth-order valence-electron chi connectivity index (χ4n) is 3.05. The zero-order chi connectivity index (χ0) is 20.1. The monoisotopic (exact) mass is 382 g/mol. The molecule has 1 unspecified atom stereocenters. The van der Waals surface area contributed by atoms with E-state index in [2.05, 4.69) is 5.32 Å². The van der Waals surface area contributed by atoms with Crippen molar-refractivity contribution in [3.05, 3.63) is 64.3 Å². The van der Waals surface area contributed by atoms with E-state index in [1.807, 2.05) is 30.3 Å². The van der Waals surface area contributed by atoms with Crippen LogP contribution in [0.5, 0.6) is 0 Å².